The number of rotatable bonds is 12. The van der Waals surface area contributed by atoms with E-state index in [-0.39, 0.29) is 49.8 Å². The molecule has 0 aliphatic rings. The molecule has 8 nitrogen and oxygen atoms in total. The smallest absolute Gasteiger partial charge is 0.310 e. The first-order chi connectivity index (χ1) is 20.0. The summed E-state index contributed by atoms with van der Waals surface area (Å²) in [5.41, 5.74) is 2.37. The van der Waals surface area contributed by atoms with Gasteiger partial charge >= 0.3 is 5.97 Å². The Labute approximate surface area is 246 Å². The summed E-state index contributed by atoms with van der Waals surface area (Å²) in [5, 5.41) is 0.689. The first kappa shape index (κ1) is 31.4. The van der Waals surface area contributed by atoms with Crippen LogP contribution in [0.5, 0.6) is 5.75 Å². The zero-order valence-electron chi connectivity index (χ0n) is 24.2. The van der Waals surface area contributed by atoms with Gasteiger partial charge in [0.15, 0.2) is 5.82 Å². The number of ether oxygens (including phenoxy) is 3. The third-order valence-electron chi connectivity index (χ3n) is 6.26. The Kier molecular flexibility index (Phi) is 10.2. The van der Waals surface area contributed by atoms with E-state index in [1.54, 1.807) is 32.2 Å². The van der Waals surface area contributed by atoms with E-state index in [4.69, 9.17) is 18.6 Å². The fraction of sp³-hybridized carbons (Fsp3) is 0.355. The molecule has 0 amide bonds. The van der Waals surface area contributed by atoms with E-state index < -0.39 is 33.7 Å². The molecule has 4 aromatic rings. The summed E-state index contributed by atoms with van der Waals surface area (Å²) in [6.07, 6.45) is 1.41. The van der Waals surface area contributed by atoms with Crippen LogP contribution in [0.1, 0.15) is 50.3 Å². The number of esters is 1. The second-order valence-electron chi connectivity index (χ2n) is 10.6. The first-order valence-electron chi connectivity index (χ1n) is 13.4. The van der Waals surface area contributed by atoms with Gasteiger partial charge in [-0.15, -0.1) is 4.72 Å². The van der Waals surface area contributed by atoms with Gasteiger partial charge in [0, 0.05) is 52.8 Å². The van der Waals surface area contributed by atoms with Gasteiger partial charge in [0.05, 0.1) is 25.3 Å². The van der Waals surface area contributed by atoms with E-state index >= 15 is 4.39 Å². The van der Waals surface area contributed by atoms with Crippen molar-refractivity contribution in [3.8, 4) is 16.9 Å². The van der Waals surface area contributed by atoms with E-state index in [1.165, 1.54) is 24.4 Å². The molecule has 42 heavy (non-hydrogen) atoms. The van der Waals surface area contributed by atoms with Gasteiger partial charge in [0.1, 0.15) is 40.9 Å². The molecule has 0 saturated carbocycles. The Bertz CT molecular complexity index is 1550. The van der Waals surface area contributed by atoms with E-state index in [0.717, 1.165) is 0 Å². The molecule has 1 N–H and O–H groups in total. The number of carbonyl (C=O) groups excluding carboxylic acids is 1. The molecular formula is C31H34F2N2O6S. The van der Waals surface area contributed by atoms with Crippen LogP contribution in [0.3, 0.4) is 0 Å². The van der Waals surface area contributed by atoms with Crippen LogP contribution in [-0.4, -0.2) is 34.0 Å². The zero-order valence-corrected chi connectivity index (χ0v) is 25.0. The van der Waals surface area contributed by atoms with Crippen molar-refractivity contribution in [2.75, 3.05) is 13.7 Å². The Hall–Kier alpha value is -3.51. The molecule has 0 fully saturated rings. The summed E-state index contributed by atoms with van der Waals surface area (Å²) < 4.78 is 67.0. The minimum Gasteiger partial charge on any atom is -0.598 e. The van der Waals surface area contributed by atoms with Crippen LogP contribution in [0, 0.1) is 11.6 Å². The molecule has 0 saturated heterocycles. The topological polar surface area (TPSA) is 106 Å². The third kappa shape index (κ3) is 7.65. The van der Waals surface area contributed by atoms with Crippen LogP contribution in [0.25, 0.3) is 22.1 Å². The lowest BCUT2D eigenvalue weighted by Gasteiger charge is -2.23. The molecule has 2 aromatic carbocycles. The van der Waals surface area contributed by atoms with Crippen molar-refractivity contribution in [3.63, 3.8) is 0 Å². The number of carbonyl (C=O) groups is 1. The highest BCUT2D eigenvalue weighted by atomic mass is 32.2. The van der Waals surface area contributed by atoms with E-state index in [0.29, 0.717) is 33.4 Å². The van der Waals surface area contributed by atoms with Crippen molar-refractivity contribution in [2.45, 2.75) is 58.6 Å². The van der Waals surface area contributed by atoms with Crippen LogP contribution in [-0.2, 0) is 51.8 Å². The summed E-state index contributed by atoms with van der Waals surface area (Å²) in [7, 11) is 1.55. The van der Waals surface area contributed by atoms with E-state index in [1.807, 2.05) is 26.8 Å². The number of furan rings is 1. The molecule has 2 aromatic heterocycles. The van der Waals surface area contributed by atoms with Crippen molar-refractivity contribution in [1.82, 2.24) is 9.71 Å². The maximum Gasteiger partial charge on any atom is 0.310 e. The second kappa shape index (κ2) is 13.6. The molecule has 0 aliphatic carbocycles. The first-order valence-corrected chi connectivity index (χ1v) is 14.5. The highest BCUT2D eigenvalue weighted by Crippen LogP contribution is 2.35. The quantitative estimate of drug-likeness (QED) is 0.152. The maximum absolute atomic E-state index is 15.9. The Balaban J connectivity index is 1.69. The summed E-state index contributed by atoms with van der Waals surface area (Å²) in [5.74, 6) is -0.800. The van der Waals surface area contributed by atoms with Crippen LogP contribution >= 0.6 is 0 Å². The SMILES string of the molecule is CCOC(=O)Cc1ccc(F)cc1OCc1cc(-c2ccnc(CN[S@@+]([O-])C(C)(C)C)c2F)c2oc(COC)cc2c1. The minimum absolute atomic E-state index is 0.00130. The van der Waals surface area contributed by atoms with Crippen LogP contribution < -0.4 is 9.46 Å². The summed E-state index contributed by atoms with van der Waals surface area (Å²) in [6.45, 7) is 7.57. The number of hydrogen-bond donors (Lipinski definition) is 1. The lowest BCUT2D eigenvalue weighted by atomic mass is 10.00. The van der Waals surface area contributed by atoms with Crippen LogP contribution in [0.2, 0.25) is 0 Å². The van der Waals surface area contributed by atoms with Crippen LogP contribution in [0.15, 0.2) is 53.1 Å². The average molecular weight is 601 g/mol. The normalized spacial score (nSPS) is 12.5. The van der Waals surface area contributed by atoms with Crippen molar-refractivity contribution in [2.24, 2.45) is 0 Å². The number of fused-ring (bicyclic) bond motifs is 1. The highest BCUT2D eigenvalue weighted by Gasteiger charge is 2.27. The van der Waals surface area contributed by atoms with Crippen molar-refractivity contribution in [3.05, 3.63) is 82.9 Å². The van der Waals surface area contributed by atoms with Crippen molar-refractivity contribution in [1.29, 1.82) is 0 Å². The van der Waals surface area contributed by atoms with Gasteiger partial charge < -0.3 is 23.2 Å². The summed E-state index contributed by atoms with van der Waals surface area (Å²) in [6, 6.07) is 10.9. The van der Waals surface area contributed by atoms with E-state index in [9.17, 15) is 13.7 Å². The third-order valence-corrected chi connectivity index (χ3v) is 7.77. The van der Waals surface area contributed by atoms with Gasteiger partial charge in [0.2, 0.25) is 0 Å². The Morgan fingerprint density at radius 1 is 1.10 bits per heavy atom. The maximum atomic E-state index is 15.9. The van der Waals surface area contributed by atoms with Gasteiger partial charge in [-0.3, -0.25) is 9.78 Å². The summed E-state index contributed by atoms with van der Waals surface area (Å²) in [4.78, 5) is 16.2. The molecular weight excluding hydrogens is 566 g/mol. The fourth-order valence-electron chi connectivity index (χ4n) is 4.27. The molecule has 0 spiro atoms. The minimum atomic E-state index is -1.41. The molecule has 0 radical (unpaired) electrons. The highest BCUT2D eigenvalue weighted by molar-refractivity contribution is 7.90. The van der Waals surface area contributed by atoms with Gasteiger partial charge in [-0.1, -0.05) is 6.07 Å². The van der Waals surface area contributed by atoms with Crippen molar-refractivity contribution < 1.29 is 36.8 Å². The summed E-state index contributed by atoms with van der Waals surface area (Å²) >= 11 is -1.41. The lowest BCUT2D eigenvalue weighted by molar-refractivity contribution is -0.142. The zero-order chi connectivity index (χ0) is 30.4. The fourth-order valence-corrected chi connectivity index (χ4v) is 4.97. The Morgan fingerprint density at radius 3 is 2.60 bits per heavy atom. The van der Waals surface area contributed by atoms with Crippen molar-refractivity contribution >= 4 is 28.3 Å². The molecule has 1 atom stereocenters. The molecule has 0 unspecified atom stereocenters. The molecule has 224 valence electrons. The second-order valence-corrected chi connectivity index (χ2v) is 12.6. The van der Waals surface area contributed by atoms with Crippen LogP contribution in [0.4, 0.5) is 8.78 Å². The largest absolute Gasteiger partial charge is 0.598 e. The molecule has 11 heteroatoms. The van der Waals surface area contributed by atoms with Gasteiger partial charge in [-0.05, 0) is 63.6 Å². The number of methoxy groups -OCH3 is 1. The molecule has 4 rings (SSSR count). The molecule has 2 heterocycles. The van der Waals surface area contributed by atoms with Gasteiger partial charge in [-0.2, -0.15) is 0 Å². The van der Waals surface area contributed by atoms with Gasteiger partial charge in [0.25, 0.3) is 0 Å². The number of hydrogen-bond acceptors (Lipinski definition) is 8. The predicted octanol–water partition coefficient (Wildman–Crippen LogP) is 6.16. The average Bonchev–Trinajstić information content (AvgIpc) is 3.34. The number of benzene rings is 2. The standard InChI is InChI=1S/C31H34F2N2O6S/c1-6-39-28(36)14-20-7-8-22(32)15-27(20)40-17-19-11-21-13-23(18-38-5)41-30(21)25(12-19)24-9-10-34-26(29(24)33)16-35-42(37)31(2,3)4/h7-13,15,35H,6,14,16-18H2,1-5H3/t42-/m0/s1. The lowest BCUT2D eigenvalue weighted by Crippen LogP contribution is -2.39. The van der Waals surface area contributed by atoms with E-state index in [2.05, 4.69) is 9.71 Å². The predicted molar refractivity (Wildman–Crippen MR) is 156 cm³/mol. The van der Waals surface area contributed by atoms with Gasteiger partial charge in [-0.25, -0.2) is 8.78 Å². The number of halogens is 2. The number of aromatic nitrogens is 1. The monoisotopic (exact) mass is 600 g/mol. The number of nitrogens with one attached hydrogen (secondary N) is 1. The molecule has 0 aliphatic heterocycles. The number of pyridine rings is 1. The Morgan fingerprint density at radius 2 is 1.88 bits per heavy atom. The number of nitrogens with zero attached hydrogens (tertiary/aromatic N) is 1. The molecule has 0 bridgehead atoms.